The molecule has 4 aliphatic rings. The number of aromatic hydroxyl groups is 1. The van der Waals surface area contributed by atoms with Gasteiger partial charge in [0, 0.05) is 49.9 Å². The quantitative estimate of drug-likeness (QED) is 0.378. The Bertz CT molecular complexity index is 1450. The lowest BCUT2D eigenvalue weighted by molar-refractivity contribution is 0.107. The van der Waals surface area contributed by atoms with Crippen molar-refractivity contribution in [3.63, 3.8) is 0 Å². The van der Waals surface area contributed by atoms with Crippen LogP contribution in [0, 0.1) is 5.82 Å². The lowest BCUT2D eigenvalue weighted by Gasteiger charge is -2.34. The molecular formula is C30H38Cl2F2N6O2. The van der Waals surface area contributed by atoms with Gasteiger partial charge in [0.1, 0.15) is 35.6 Å². The first-order valence-corrected chi connectivity index (χ1v) is 14.5. The van der Waals surface area contributed by atoms with Crippen LogP contribution in [0.15, 0.2) is 24.4 Å². The molecule has 0 amide bonds. The Labute approximate surface area is 257 Å². The summed E-state index contributed by atoms with van der Waals surface area (Å²) in [7, 11) is 0. The normalized spacial score (nSPS) is 26.8. The zero-order valence-electron chi connectivity index (χ0n) is 23.9. The van der Waals surface area contributed by atoms with Crippen molar-refractivity contribution in [1.82, 2.24) is 25.2 Å². The Morgan fingerprint density at radius 2 is 1.90 bits per heavy atom. The van der Waals surface area contributed by atoms with Crippen LogP contribution < -0.4 is 15.0 Å². The molecule has 8 nitrogen and oxygen atoms in total. The van der Waals surface area contributed by atoms with Gasteiger partial charge in [-0.1, -0.05) is 19.9 Å². The molecule has 6 heterocycles. The number of phenolic OH excluding ortho intramolecular Hbond substituents is 1. The number of hydrogen-bond donors (Lipinski definition) is 2. The fourth-order valence-electron chi connectivity index (χ4n) is 7.39. The molecule has 0 saturated carbocycles. The second-order valence-corrected chi connectivity index (χ2v) is 12.3. The van der Waals surface area contributed by atoms with Crippen LogP contribution in [0.25, 0.3) is 22.2 Å². The summed E-state index contributed by atoms with van der Waals surface area (Å²) in [4.78, 5) is 18.4. The molecule has 0 aliphatic carbocycles. The lowest BCUT2D eigenvalue weighted by Crippen LogP contribution is -2.51. The fraction of sp³-hybridized carbons (Fsp3) is 0.567. The number of anilines is 1. The van der Waals surface area contributed by atoms with Crippen molar-refractivity contribution in [2.75, 3.05) is 37.7 Å². The van der Waals surface area contributed by atoms with Crippen LogP contribution >= 0.6 is 24.8 Å². The fourth-order valence-corrected chi connectivity index (χ4v) is 7.39. The van der Waals surface area contributed by atoms with Crippen LogP contribution in [0.3, 0.4) is 0 Å². The summed E-state index contributed by atoms with van der Waals surface area (Å²) in [5.74, 6) is 0.199. The standard InChI is InChI=1S/C30H36F2N6O2.2ClH/c1-17(2)22-7-6-21(39)10-23(22)26-25(32)27-24(12-33-26)28(37-14-19-4-5-20(15-37)34-19)36-29(35-27)40-16-30-8-3-9-38(30)13-18(31)11-30;;/h6-7,10,12,17-20,34,39H,3-5,8-9,11,13-16H2,1-2H3;2*1H/t18?,19-,20+,30?;;. The lowest BCUT2D eigenvalue weighted by atomic mass is 9.94. The predicted octanol–water partition coefficient (Wildman–Crippen LogP) is 5.40. The Morgan fingerprint density at radius 3 is 2.64 bits per heavy atom. The van der Waals surface area contributed by atoms with Crippen molar-refractivity contribution in [2.24, 2.45) is 0 Å². The molecule has 3 aromatic rings. The van der Waals surface area contributed by atoms with E-state index in [-0.39, 0.29) is 65.8 Å². The van der Waals surface area contributed by atoms with Crippen molar-refractivity contribution in [2.45, 2.75) is 75.7 Å². The SMILES string of the molecule is CC(C)c1ccc(O)cc1-c1ncc2c(N3C[C@H]4CC[C@@H](C3)N4)nc(OCC34CCCN3CC(F)C4)nc2c1F.Cl.Cl. The van der Waals surface area contributed by atoms with E-state index in [9.17, 15) is 9.50 Å². The highest BCUT2D eigenvalue weighted by Gasteiger charge is 2.49. The third-order valence-corrected chi connectivity index (χ3v) is 9.30. The van der Waals surface area contributed by atoms with Crippen molar-refractivity contribution in [3.05, 3.63) is 35.8 Å². The van der Waals surface area contributed by atoms with Gasteiger partial charge in [0.05, 0.1) is 10.9 Å². The summed E-state index contributed by atoms with van der Waals surface area (Å²) in [6, 6.07) is 5.80. The van der Waals surface area contributed by atoms with Gasteiger partial charge < -0.3 is 20.1 Å². The Morgan fingerprint density at radius 1 is 1.14 bits per heavy atom. The first-order chi connectivity index (χ1) is 19.3. The first-order valence-electron chi connectivity index (χ1n) is 14.5. The second kappa shape index (κ2) is 11.9. The topological polar surface area (TPSA) is 86.6 Å². The number of benzene rings is 1. The van der Waals surface area contributed by atoms with Gasteiger partial charge in [-0.25, -0.2) is 8.78 Å². The zero-order valence-corrected chi connectivity index (χ0v) is 25.5. The molecular weight excluding hydrogens is 585 g/mol. The minimum Gasteiger partial charge on any atom is -0.508 e. The van der Waals surface area contributed by atoms with Crippen LogP contribution in [0.5, 0.6) is 11.8 Å². The number of phenols is 1. The summed E-state index contributed by atoms with van der Waals surface area (Å²) in [6.07, 6.45) is 5.30. The number of piperazine rings is 1. The van der Waals surface area contributed by atoms with E-state index in [0.29, 0.717) is 41.8 Å². The number of halogens is 4. The smallest absolute Gasteiger partial charge is 0.319 e. The number of alkyl halides is 1. The molecule has 0 radical (unpaired) electrons. The molecule has 42 heavy (non-hydrogen) atoms. The molecule has 7 rings (SSSR count). The van der Waals surface area contributed by atoms with Crippen molar-refractivity contribution < 1.29 is 18.6 Å². The Kier molecular flexibility index (Phi) is 8.73. The maximum atomic E-state index is 16.5. The average molecular weight is 624 g/mol. The van der Waals surface area contributed by atoms with Crippen LogP contribution in [0.2, 0.25) is 0 Å². The maximum absolute atomic E-state index is 16.5. The Hall–Kier alpha value is -2.53. The van der Waals surface area contributed by atoms with Gasteiger partial charge in [0.25, 0.3) is 0 Å². The molecule has 228 valence electrons. The molecule has 2 aromatic heterocycles. The number of nitrogens with one attached hydrogen (secondary N) is 1. The number of fused-ring (bicyclic) bond motifs is 4. The number of nitrogens with zero attached hydrogens (tertiary/aromatic N) is 5. The Balaban J connectivity index is 0.00000176. The van der Waals surface area contributed by atoms with E-state index in [1.165, 1.54) is 0 Å². The zero-order chi connectivity index (χ0) is 27.6. The minimum absolute atomic E-state index is 0. The largest absolute Gasteiger partial charge is 0.508 e. The van der Waals surface area contributed by atoms with Crippen molar-refractivity contribution in [1.29, 1.82) is 0 Å². The average Bonchev–Trinajstić information content (AvgIpc) is 3.57. The van der Waals surface area contributed by atoms with Gasteiger partial charge in [0.2, 0.25) is 0 Å². The van der Waals surface area contributed by atoms with Crippen LogP contribution in [-0.4, -0.2) is 81.5 Å². The maximum Gasteiger partial charge on any atom is 0.319 e. The van der Waals surface area contributed by atoms with E-state index < -0.39 is 12.0 Å². The van der Waals surface area contributed by atoms with Gasteiger partial charge in [-0.05, 0) is 55.8 Å². The monoisotopic (exact) mass is 622 g/mol. The van der Waals surface area contributed by atoms with Gasteiger partial charge in [-0.3, -0.25) is 9.88 Å². The van der Waals surface area contributed by atoms with Crippen LogP contribution in [0.1, 0.15) is 57.4 Å². The van der Waals surface area contributed by atoms with Gasteiger partial charge in [0.15, 0.2) is 5.82 Å². The molecule has 2 N–H and O–H groups in total. The first kappa shape index (κ1) is 30.9. The van der Waals surface area contributed by atoms with E-state index in [1.54, 1.807) is 18.3 Å². The van der Waals surface area contributed by atoms with Crippen molar-refractivity contribution in [3.8, 4) is 23.0 Å². The molecule has 12 heteroatoms. The van der Waals surface area contributed by atoms with Gasteiger partial charge >= 0.3 is 6.01 Å². The third kappa shape index (κ3) is 5.36. The number of ether oxygens (including phenoxy) is 1. The van der Waals surface area contributed by atoms with E-state index in [4.69, 9.17) is 9.72 Å². The summed E-state index contributed by atoms with van der Waals surface area (Å²) in [5, 5.41) is 14.4. The molecule has 4 atom stereocenters. The molecule has 4 aliphatic heterocycles. The number of rotatable bonds is 6. The second-order valence-electron chi connectivity index (χ2n) is 12.3. The van der Waals surface area contributed by atoms with Gasteiger partial charge in [-0.2, -0.15) is 9.97 Å². The summed E-state index contributed by atoms with van der Waals surface area (Å²) in [6.45, 7) is 7.14. The highest BCUT2D eigenvalue weighted by atomic mass is 35.5. The minimum atomic E-state index is -0.864. The van der Waals surface area contributed by atoms with Crippen molar-refractivity contribution >= 4 is 41.5 Å². The highest BCUT2D eigenvalue weighted by Crippen LogP contribution is 2.41. The van der Waals surface area contributed by atoms with E-state index in [1.807, 2.05) is 19.9 Å². The summed E-state index contributed by atoms with van der Waals surface area (Å²) >= 11 is 0. The molecule has 1 aromatic carbocycles. The van der Waals surface area contributed by atoms with E-state index >= 15 is 4.39 Å². The molecule has 2 unspecified atom stereocenters. The molecule has 2 bridgehead atoms. The molecule has 0 spiro atoms. The number of hydrogen-bond acceptors (Lipinski definition) is 8. The molecule has 4 fully saturated rings. The van der Waals surface area contributed by atoms with E-state index in [2.05, 4.69) is 25.1 Å². The molecule has 4 saturated heterocycles. The number of pyridine rings is 1. The van der Waals surface area contributed by atoms with Crippen LogP contribution in [0.4, 0.5) is 14.6 Å². The third-order valence-electron chi connectivity index (χ3n) is 9.30. The van der Waals surface area contributed by atoms with E-state index in [0.717, 1.165) is 50.9 Å². The summed E-state index contributed by atoms with van der Waals surface area (Å²) in [5.41, 5.74) is 1.35. The number of aromatic nitrogens is 3. The predicted molar refractivity (Wildman–Crippen MR) is 164 cm³/mol. The highest BCUT2D eigenvalue weighted by molar-refractivity contribution is 5.92. The summed E-state index contributed by atoms with van der Waals surface area (Å²) < 4.78 is 37.1. The van der Waals surface area contributed by atoms with Gasteiger partial charge in [-0.15, -0.1) is 24.8 Å². The van der Waals surface area contributed by atoms with Crippen LogP contribution in [-0.2, 0) is 0 Å².